The lowest BCUT2D eigenvalue weighted by molar-refractivity contribution is 0.605. The average molecular weight is 542 g/mol. The molecule has 0 saturated heterocycles. The Morgan fingerprint density at radius 1 is 1.13 bits per heavy atom. The minimum absolute atomic E-state index is 0. The second kappa shape index (κ2) is 13.3. The highest BCUT2D eigenvalue weighted by atomic mass is 127. The van der Waals surface area contributed by atoms with Gasteiger partial charge in [0.2, 0.25) is 0 Å². The Kier molecular flexibility index (Phi) is 10.8. The van der Waals surface area contributed by atoms with Crippen molar-refractivity contribution in [3.8, 4) is 0 Å². The number of benzene rings is 1. The summed E-state index contributed by atoms with van der Waals surface area (Å²) in [5.74, 6) is 1.54. The normalized spacial score (nSPS) is 11.2. The minimum Gasteiger partial charge on any atom is -0.356 e. The van der Waals surface area contributed by atoms with Crippen molar-refractivity contribution in [2.75, 3.05) is 19.6 Å². The van der Waals surface area contributed by atoms with Crippen LogP contribution < -0.4 is 10.6 Å². The quantitative estimate of drug-likeness (QED) is 0.233. The molecule has 2 heterocycles. The third kappa shape index (κ3) is 7.67. The van der Waals surface area contributed by atoms with Gasteiger partial charge in [-0.15, -0.1) is 45.5 Å². The Bertz CT molecular complexity index is 897. The number of rotatable bonds is 10. The number of nitrogens with one attached hydrogen (secondary N) is 2. The van der Waals surface area contributed by atoms with Crippen molar-refractivity contribution in [3.63, 3.8) is 0 Å². The van der Waals surface area contributed by atoms with Crippen molar-refractivity contribution < 1.29 is 4.39 Å². The fourth-order valence-electron chi connectivity index (χ4n) is 2.96. The van der Waals surface area contributed by atoms with Crippen molar-refractivity contribution >= 4 is 41.3 Å². The summed E-state index contributed by atoms with van der Waals surface area (Å²) in [7, 11) is 0. The third-order valence-corrected chi connectivity index (χ3v) is 5.45. The van der Waals surface area contributed by atoms with Crippen molar-refractivity contribution in [2.24, 2.45) is 4.99 Å². The molecular formula is C21H28FIN6S. The van der Waals surface area contributed by atoms with Crippen LogP contribution in [0.1, 0.15) is 23.2 Å². The van der Waals surface area contributed by atoms with Gasteiger partial charge in [-0.05, 0) is 29.5 Å². The van der Waals surface area contributed by atoms with E-state index in [0.717, 1.165) is 31.2 Å². The number of guanidine groups is 1. The van der Waals surface area contributed by atoms with Crippen LogP contribution >= 0.6 is 35.3 Å². The molecular weight excluding hydrogens is 514 g/mol. The number of hydrogen-bond donors (Lipinski definition) is 2. The fraction of sp³-hybridized carbons (Fsp3) is 0.381. The van der Waals surface area contributed by atoms with E-state index < -0.39 is 0 Å². The molecule has 3 aromatic rings. The van der Waals surface area contributed by atoms with E-state index in [1.54, 1.807) is 23.7 Å². The van der Waals surface area contributed by atoms with E-state index in [4.69, 9.17) is 0 Å². The van der Waals surface area contributed by atoms with Gasteiger partial charge in [0.15, 0.2) is 5.96 Å². The molecule has 30 heavy (non-hydrogen) atoms. The highest BCUT2D eigenvalue weighted by Gasteiger charge is 2.04. The Labute approximate surface area is 198 Å². The third-order valence-electron chi connectivity index (χ3n) is 4.51. The Hall–Kier alpha value is -2.01. The zero-order valence-corrected chi connectivity index (χ0v) is 20.2. The first-order valence-corrected chi connectivity index (χ1v) is 10.8. The maximum absolute atomic E-state index is 13.8. The molecule has 0 radical (unpaired) electrons. The van der Waals surface area contributed by atoms with Crippen LogP contribution in [0.25, 0.3) is 0 Å². The van der Waals surface area contributed by atoms with Crippen LogP contribution in [0.2, 0.25) is 0 Å². The SMILES string of the molecule is CCc1nncn1CCNC(=NCCc1cccs1)NCCc1ccccc1F.I. The van der Waals surface area contributed by atoms with Gasteiger partial charge in [-0.3, -0.25) is 4.99 Å². The molecule has 0 atom stereocenters. The fourth-order valence-corrected chi connectivity index (χ4v) is 3.66. The molecule has 9 heteroatoms. The smallest absolute Gasteiger partial charge is 0.191 e. The zero-order chi connectivity index (χ0) is 20.3. The molecule has 2 N–H and O–H groups in total. The largest absolute Gasteiger partial charge is 0.356 e. The monoisotopic (exact) mass is 542 g/mol. The minimum atomic E-state index is -0.168. The number of aliphatic imine (C=N–C) groups is 1. The summed E-state index contributed by atoms with van der Waals surface area (Å²) in [5, 5.41) is 16.8. The number of aromatic nitrogens is 3. The van der Waals surface area contributed by atoms with Crippen LogP contribution in [0.3, 0.4) is 0 Å². The topological polar surface area (TPSA) is 67.1 Å². The van der Waals surface area contributed by atoms with E-state index in [1.807, 2.05) is 16.7 Å². The van der Waals surface area contributed by atoms with E-state index in [1.165, 1.54) is 10.9 Å². The van der Waals surface area contributed by atoms with Crippen LogP contribution in [-0.4, -0.2) is 40.4 Å². The number of nitrogens with zero attached hydrogens (tertiary/aromatic N) is 4. The summed E-state index contributed by atoms with van der Waals surface area (Å²) < 4.78 is 15.9. The summed E-state index contributed by atoms with van der Waals surface area (Å²) in [6.07, 6.45) is 4.11. The number of aryl methyl sites for hydroxylation is 1. The van der Waals surface area contributed by atoms with Crippen molar-refractivity contribution in [1.29, 1.82) is 0 Å². The maximum atomic E-state index is 13.8. The highest BCUT2D eigenvalue weighted by molar-refractivity contribution is 14.0. The Morgan fingerprint density at radius 3 is 2.73 bits per heavy atom. The first-order valence-electron chi connectivity index (χ1n) is 9.91. The zero-order valence-electron chi connectivity index (χ0n) is 17.1. The summed E-state index contributed by atoms with van der Waals surface area (Å²) in [5.41, 5.74) is 0.704. The van der Waals surface area contributed by atoms with Gasteiger partial charge in [-0.1, -0.05) is 31.2 Å². The molecule has 0 fully saturated rings. The summed E-state index contributed by atoms with van der Waals surface area (Å²) in [4.78, 5) is 6.00. The summed E-state index contributed by atoms with van der Waals surface area (Å²) in [6, 6.07) is 11.1. The van der Waals surface area contributed by atoms with Crippen LogP contribution in [0.15, 0.2) is 53.1 Å². The Balaban J connectivity index is 0.00000320. The summed E-state index contributed by atoms with van der Waals surface area (Å²) in [6.45, 7) is 4.83. The molecule has 0 amide bonds. The predicted molar refractivity (Wildman–Crippen MR) is 131 cm³/mol. The first kappa shape index (κ1) is 24.3. The molecule has 0 aliphatic heterocycles. The Morgan fingerprint density at radius 2 is 1.97 bits per heavy atom. The second-order valence-corrected chi connectivity index (χ2v) is 7.58. The number of hydrogen-bond acceptors (Lipinski definition) is 4. The molecule has 6 nitrogen and oxygen atoms in total. The van der Waals surface area contributed by atoms with E-state index in [-0.39, 0.29) is 29.8 Å². The molecule has 1 aromatic carbocycles. The molecule has 162 valence electrons. The highest BCUT2D eigenvalue weighted by Crippen LogP contribution is 2.09. The lowest BCUT2D eigenvalue weighted by atomic mass is 10.1. The van der Waals surface area contributed by atoms with Crippen LogP contribution in [0.5, 0.6) is 0 Å². The van der Waals surface area contributed by atoms with Gasteiger partial charge in [0.05, 0.1) is 0 Å². The van der Waals surface area contributed by atoms with Gasteiger partial charge in [0.25, 0.3) is 0 Å². The van der Waals surface area contributed by atoms with Gasteiger partial charge in [-0.2, -0.15) is 0 Å². The first-order chi connectivity index (χ1) is 14.3. The van der Waals surface area contributed by atoms with E-state index >= 15 is 0 Å². The van der Waals surface area contributed by atoms with Crippen LogP contribution in [0.4, 0.5) is 4.39 Å². The van der Waals surface area contributed by atoms with Gasteiger partial charge in [0, 0.05) is 43.9 Å². The average Bonchev–Trinajstić information content (AvgIpc) is 3.41. The molecule has 0 spiro atoms. The lowest BCUT2D eigenvalue weighted by Gasteiger charge is -2.13. The van der Waals surface area contributed by atoms with E-state index in [2.05, 4.69) is 50.3 Å². The predicted octanol–water partition coefficient (Wildman–Crippen LogP) is 3.68. The van der Waals surface area contributed by atoms with Crippen molar-refractivity contribution in [1.82, 2.24) is 25.4 Å². The number of thiophene rings is 1. The summed E-state index contributed by atoms with van der Waals surface area (Å²) >= 11 is 1.74. The maximum Gasteiger partial charge on any atom is 0.191 e. The van der Waals surface area contributed by atoms with Crippen LogP contribution in [0, 0.1) is 5.82 Å². The molecule has 0 aliphatic rings. The van der Waals surface area contributed by atoms with Gasteiger partial charge < -0.3 is 15.2 Å². The van der Waals surface area contributed by atoms with Gasteiger partial charge >= 0.3 is 0 Å². The van der Waals surface area contributed by atoms with Crippen molar-refractivity contribution in [3.05, 3.63) is 70.2 Å². The molecule has 0 saturated carbocycles. The molecule has 0 unspecified atom stereocenters. The van der Waals surface area contributed by atoms with Gasteiger partial charge in [0.1, 0.15) is 18.0 Å². The number of halogens is 2. The molecule has 0 aliphatic carbocycles. The molecule has 2 aromatic heterocycles. The van der Waals surface area contributed by atoms with Gasteiger partial charge in [-0.25, -0.2) is 4.39 Å². The van der Waals surface area contributed by atoms with Crippen molar-refractivity contribution in [2.45, 2.75) is 32.7 Å². The van der Waals surface area contributed by atoms with E-state index in [0.29, 0.717) is 31.6 Å². The second-order valence-electron chi connectivity index (χ2n) is 6.55. The lowest BCUT2D eigenvalue weighted by Crippen LogP contribution is -2.40. The molecule has 3 rings (SSSR count). The van der Waals surface area contributed by atoms with E-state index in [9.17, 15) is 4.39 Å². The molecule has 0 bridgehead atoms. The van der Waals surface area contributed by atoms with Crippen LogP contribution in [-0.2, 0) is 25.8 Å². The standard InChI is InChI=1S/C21H27FN6S.HI/c1-2-20-27-26-16-28(20)14-13-25-21(24-12-10-18-7-5-15-29-18)23-11-9-17-6-3-4-8-19(17)22;/h3-8,15-16H,2,9-14H2,1H3,(H2,23,24,25);1H.